The van der Waals surface area contributed by atoms with Crippen LogP contribution in [-0.2, 0) is 25.7 Å². The van der Waals surface area contributed by atoms with E-state index in [2.05, 4.69) is 0 Å². The fourth-order valence-electron chi connectivity index (χ4n) is 5.18. The number of amides is 3. The minimum atomic E-state index is -0.881. The van der Waals surface area contributed by atoms with Gasteiger partial charge in [-0.25, -0.2) is 13.7 Å². The van der Waals surface area contributed by atoms with Crippen LogP contribution in [-0.4, -0.2) is 58.7 Å². The highest BCUT2D eigenvalue weighted by Gasteiger charge is 2.56. The molecule has 2 unspecified atom stereocenters. The Balaban J connectivity index is 1.43. The number of morpholine rings is 1. The molecule has 3 aliphatic heterocycles. The third-order valence-corrected chi connectivity index (χ3v) is 9.62. The molecule has 0 spiro atoms. The first-order valence-electron chi connectivity index (χ1n) is 12.0. The van der Waals surface area contributed by atoms with Crippen molar-refractivity contribution in [2.24, 2.45) is 5.92 Å². The Morgan fingerprint density at radius 3 is 2.21 bits per heavy atom. The second-order valence-electron chi connectivity index (χ2n) is 9.20. The summed E-state index contributed by atoms with van der Waals surface area (Å²) in [6.07, 6.45) is 0. The summed E-state index contributed by atoms with van der Waals surface area (Å²) in [6, 6.07) is 10.7. The first-order valence-corrected chi connectivity index (χ1v) is 13.7. The van der Waals surface area contributed by atoms with E-state index in [1.54, 1.807) is 17.0 Å². The van der Waals surface area contributed by atoms with Crippen LogP contribution in [0.1, 0.15) is 16.4 Å². The summed E-state index contributed by atoms with van der Waals surface area (Å²) in [5.41, 5.74) is 0.829. The van der Waals surface area contributed by atoms with E-state index in [9.17, 15) is 28.0 Å². The molecule has 38 heavy (non-hydrogen) atoms. The number of rotatable bonds is 4. The third-order valence-electron chi connectivity index (χ3n) is 7.02. The fourth-order valence-corrected chi connectivity index (χ4v) is 7.95. The van der Waals surface area contributed by atoms with Gasteiger partial charge in [-0.05, 0) is 42.0 Å². The molecule has 3 amide bonds. The highest BCUT2D eigenvalue weighted by atomic mass is 32.2. The van der Waals surface area contributed by atoms with Gasteiger partial charge in [0.1, 0.15) is 23.4 Å². The molecule has 2 saturated heterocycles. The Bertz CT molecular complexity index is 1480. The van der Waals surface area contributed by atoms with Crippen molar-refractivity contribution in [1.82, 2.24) is 9.47 Å². The van der Waals surface area contributed by atoms with Crippen molar-refractivity contribution in [3.63, 3.8) is 0 Å². The van der Waals surface area contributed by atoms with Crippen LogP contribution >= 0.6 is 23.1 Å². The van der Waals surface area contributed by atoms with Gasteiger partial charge in [0.05, 0.1) is 29.8 Å². The van der Waals surface area contributed by atoms with Crippen molar-refractivity contribution in [3.8, 4) is 0 Å². The minimum absolute atomic E-state index is 0.199. The van der Waals surface area contributed by atoms with Gasteiger partial charge in [-0.1, -0.05) is 35.2 Å². The molecule has 3 aromatic rings. The lowest BCUT2D eigenvalue weighted by Crippen LogP contribution is -2.43. The van der Waals surface area contributed by atoms with Gasteiger partial charge in [-0.15, -0.1) is 0 Å². The smallest absolute Gasteiger partial charge is 0.308 e. The molecular weight excluding hydrogens is 536 g/mol. The van der Waals surface area contributed by atoms with Gasteiger partial charge in [-0.2, -0.15) is 0 Å². The van der Waals surface area contributed by atoms with Gasteiger partial charge in [-0.3, -0.25) is 23.7 Å². The molecule has 4 heterocycles. The molecule has 1 aromatic heterocycles. The van der Waals surface area contributed by atoms with Crippen molar-refractivity contribution < 1.29 is 27.9 Å². The number of halogens is 2. The van der Waals surface area contributed by atoms with Crippen LogP contribution in [0.3, 0.4) is 0 Å². The van der Waals surface area contributed by atoms with Crippen LogP contribution in [0, 0.1) is 17.6 Å². The summed E-state index contributed by atoms with van der Waals surface area (Å²) in [7, 11) is 0. The molecule has 2 fully saturated rings. The van der Waals surface area contributed by atoms with E-state index >= 15 is 0 Å². The van der Waals surface area contributed by atoms with E-state index in [1.165, 1.54) is 41.0 Å². The number of fused-ring (bicyclic) bond motifs is 2. The van der Waals surface area contributed by atoms with E-state index in [1.807, 2.05) is 0 Å². The van der Waals surface area contributed by atoms with Crippen molar-refractivity contribution in [1.29, 1.82) is 0 Å². The van der Waals surface area contributed by atoms with Crippen LogP contribution < -0.4 is 9.77 Å². The number of hydrogen-bond donors (Lipinski definition) is 0. The molecule has 12 heteroatoms. The van der Waals surface area contributed by atoms with Gasteiger partial charge in [0.25, 0.3) is 0 Å². The van der Waals surface area contributed by atoms with E-state index in [4.69, 9.17) is 4.74 Å². The predicted octanol–water partition coefficient (Wildman–Crippen LogP) is 2.84. The fraction of sp³-hybridized carbons (Fsp3) is 0.308. The van der Waals surface area contributed by atoms with Gasteiger partial charge < -0.3 is 9.64 Å². The summed E-state index contributed by atoms with van der Waals surface area (Å²) < 4.78 is 34.0. The number of aromatic nitrogens is 1. The average molecular weight is 558 g/mol. The lowest BCUT2D eigenvalue weighted by molar-refractivity contribution is -0.136. The van der Waals surface area contributed by atoms with Crippen LogP contribution in [0.5, 0.6) is 0 Å². The van der Waals surface area contributed by atoms with Gasteiger partial charge in [0, 0.05) is 23.9 Å². The quantitative estimate of drug-likeness (QED) is 0.459. The number of benzene rings is 2. The molecule has 0 aliphatic carbocycles. The molecule has 3 atom stereocenters. The largest absolute Gasteiger partial charge is 0.378 e. The maximum absolute atomic E-state index is 13.8. The Morgan fingerprint density at radius 2 is 1.55 bits per heavy atom. The molecule has 196 valence electrons. The SMILES string of the molecule is O=C(Cn1c2c(sc1=O)[C@H](c1ccc(F)cc1)C1C(=O)N(c3ccc(F)cc3)C(=O)C1S2)N1CCOCC1. The zero-order valence-electron chi connectivity index (χ0n) is 19.8. The Morgan fingerprint density at radius 1 is 0.921 bits per heavy atom. The first-order chi connectivity index (χ1) is 18.3. The second kappa shape index (κ2) is 9.75. The molecule has 8 nitrogen and oxygen atoms in total. The summed E-state index contributed by atoms with van der Waals surface area (Å²) in [6.45, 7) is 1.49. The standard InChI is InChI=1S/C26H21F2N3O5S2/c27-15-3-1-14(2-4-15)19-20-21(24(34)31(23(20)33)17-7-5-16(28)6-8-17)37-25-22(19)38-26(35)30(25)13-18(32)29-9-11-36-12-10-29/h1-8,19-21H,9-13H2/t19-,20?,21?/m1/s1. The maximum atomic E-state index is 13.8. The average Bonchev–Trinajstić information content (AvgIpc) is 3.36. The normalized spacial score (nSPS) is 22.9. The molecule has 2 aromatic carbocycles. The molecule has 3 aliphatic rings. The molecular formula is C26H21F2N3O5S2. The van der Waals surface area contributed by atoms with Crippen molar-refractivity contribution in [3.05, 3.63) is 80.3 Å². The Hall–Kier alpha value is -3.35. The van der Waals surface area contributed by atoms with E-state index in [-0.39, 0.29) is 23.0 Å². The number of thioether (sulfide) groups is 1. The van der Waals surface area contributed by atoms with E-state index in [0.717, 1.165) is 28.0 Å². The zero-order valence-corrected chi connectivity index (χ0v) is 21.5. The summed E-state index contributed by atoms with van der Waals surface area (Å²) in [5, 5.41) is -0.423. The molecule has 0 saturated carbocycles. The molecule has 0 bridgehead atoms. The number of ether oxygens (including phenoxy) is 1. The Labute approximate surface area is 223 Å². The number of carbonyl (C=O) groups is 3. The van der Waals surface area contributed by atoms with Crippen LogP contribution in [0.4, 0.5) is 14.5 Å². The highest BCUT2D eigenvalue weighted by Crippen LogP contribution is 2.53. The van der Waals surface area contributed by atoms with Gasteiger partial charge in [0.15, 0.2) is 0 Å². The Kier molecular flexibility index (Phi) is 6.40. The third kappa shape index (κ3) is 4.16. The maximum Gasteiger partial charge on any atom is 0.308 e. The topological polar surface area (TPSA) is 88.9 Å². The number of nitrogens with zero attached hydrogens (tertiary/aromatic N) is 3. The molecule has 0 N–H and O–H groups in total. The van der Waals surface area contributed by atoms with E-state index < -0.39 is 40.5 Å². The summed E-state index contributed by atoms with van der Waals surface area (Å²) >= 11 is 2.03. The van der Waals surface area contributed by atoms with Crippen LogP contribution in [0.25, 0.3) is 0 Å². The predicted molar refractivity (Wildman–Crippen MR) is 136 cm³/mol. The lowest BCUT2D eigenvalue weighted by atomic mass is 9.83. The summed E-state index contributed by atoms with van der Waals surface area (Å²) in [4.78, 5) is 56.4. The number of imide groups is 1. The van der Waals surface area contributed by atoms with Gasteiger partial charge >= 0.3 is 4.87 Å². The number of carbonyl (C=O) groups excluding carboxylic acids is 3. The van der Waals surface area contributed by atoms with Gasteiger partial charge in [0.2, 0.25) is 17.7 Å². The van der Waals surface area contributed by atoms with Crippen LogP contribution in [0.15, 0.2) is 58.4 Å². The second-order valence-corrected chi connectivity index (χ2v) is 11.3. The molecule has 6 rings (SSSR count). The lowest BCUT2D eigenvalue weighted by Gasteiger charge is -2.31. The number of thiazole rings is 1. The zero-order chi connectivity index (χ0) is 26.6. The van der Waals surface area contributed by atoms with Crippen molar-refractivity contribution >= 4 is 46.5 Å². The van der Waals surface area contributed by atoms with Crippen molar-refractivity contribution in [2.45, 2.75) is 22.7 Å². The molecule has 0 radical (unpaired) electrons. The first kappa shape index (κ1) is 25.0. The minimum Gasteiger partial charge on any atom is -0.378 e. The number of hydrogen-bond acceptors (Lipinski definition) is 7. The highest BCUT2D eigenvalue weighted by molar-refractivity contribution is 8.00. The van der Waals surface area contributed by atoms with E-state index in [0.29, 0.717) is 41.8 Å². The monoisotopic (exact) mass is 557 g/mol. The van der Waals surface area contributed by atoms with Crippen LogP contribution in [0.2, 0.25) is 0 Å². The van der Waals surface area contributed by atoms with Crippen molar-refractivity contribution in [2.75, 3.05) is 31.2 Å². The number of anilines is 1. The summed E-state index contributed by atoms with van der Waals surface area (Å²) in [5.74, 6) is -3.72.